The van der Waals surface area contributed by atoms with E-state index in [9.17, 15) is 18.4 Å². The van der Waals surface area contributed by atoms with Crippen LogP contribution in [0.2, 0.25) is 0 Å². The summed E-state index contributed by atoms with van der Waals surface area (Å²) in [4.78, 5) is 27.0. The van der Waals surface area contributed by atoms with E-state index in [0.717, 1.165) is 23.4 Å². The Kier molecular flexibility index (Phi) is 6.66. The molecule has 3 N–H and O–H groups in total. The maximum atomic E-state index is 13.4. The smallest absolute Gasteiger partial charge is 0.251 e. The number of methoxy groups -OCH3 is 1. The quantitative estimate of drug-likeness (QED) is 0.659. The number of hydrazine groups is 1. The molecule has 0 radical (unpaired) electrons. The minimum Gasteiger partial charge on any atom is -0.497 e. The van der Waals surface area contributed by atoms with Crippen LogP contribution >= 0.6 is 0 Å². The van der Waals surface area contributed by atoms with Crippen LogP contribution in [0.25, 0.3) is 0 Å². The van der Waals surface area contributed by atoms with Crippen molar-refractivity contribution in [3.63, 3.8) is 0 Å². The minimum atomic E-state index is -1.05. The Bertz CT molecular complexity index is 978. The van der Waals surface area contributed by atoms with Crippen molar-refractivity contribution in [2.75, 3.05) is 20.2 Å². The van der Waals surface area contributed by atoms with Crippen molar-refractivity contribution in [3.8, 4) is 5.75 Å². The molecule has 2 aromatic carbocycles. The van der Waals surface area contributed by atoms with E-state index < -0.39 is 17.5 Å². The molecule has 0 aliphatic carbocycles. The van der Waals surface area contributed by atoms with Crippen molar-refractivity contribution in [1.29, 1.82) is 0 Å². The van der Waals surface area contributed by atoms with Gasteiger partial charge in [-0.1, -0.05) is 12.1 Å². The molecule has 2 heterocycles. The van der Waals surface area contributed by atoms with Crippen LogP contribution in [0.1, 0.15) is 41.2 Å². The summed E-state index contributed by atoms with van der Waals surface area (Å²) in [6.45, 7) is 1.04. The summed E-state index contributed by atoms with van der Waals surface area (Å²) >= 11 is 0. The molecular weight excluding hydrogens is 418 g/mol. The number of hydrogen-bond acceptors (Lipinski definition) is 5. The van der Waals surface area contributed by atoms with E-state index in [1.807, 2.05) is 24.3 Å². The van der Waals surface area contributed by atoms with Crippen LogP contribution in [0.15, 0.2) is 42.5 Å². The molecule has 2 aliphatic heterocycles. The van der Waals surface area contributed by atoms with Gasteiger partial charge in [0, 0.05) is 30.7 Å². The Morgan fingerprint density at radius 3 is 2.41 bits per heavy atom. The molecule has 2 aromatic rings. The zero-order valence-corrected chi connectivity index (χ0v) is 17.7. The molecule has 2 saturated heterocycles. The molecule has 0 saturated carbocycles. The molecule has 7 nitrogen and oxygen atoms in total. The highest BCUT2D eigenvalue weighted by Crippen LogP contribution is 2.25. The predicted octanol–water partition coefficient (Wildman–Crippen LogP) is 2.30. The zero-order chi connectivity index (χ0) is 22.7. The van der Waals surface area contributed by atoms with Crippen LogP contribution in [-0.4, -0.2) is 49.0 Å². The number of likely N-dealkylation sites (tertiary alicyclic amines) is 1. The lowest BCUT2D eigenvalue weighted by atomic mass is 9.99. The summed E-state index contributed by atoms with van der Waals surface area (Å²) in [5.41, 5.74) is 7.44. The number of rotatable bonds is 5. The van der Waals surface area contributed by atoms with Crippen molar-refractivity contribution in [3.05, 3.63) is 65.2 Å². The average Bonchev–Trinajstić information content (AvgIpc) is 3.31. The van der Waals surface area contributed by atoms with Crippen LogP contribution in [0.5, 0.6) is 5.75 Å². The molecule has 4 rings (SSSR count). The molecule has 0 spiro atoms. The first-order valence-corrected chi connectivity index (χ1v) is 10.6. The first-order chi connectivity index (χ1) is 15.4. The summed E-state index contributed by atoms with van der Waals surface area (Å²) in [7, 11) is 1.62. The molecule has 9 heteroatoms. The highest BCUT2D eigenvalue weighted by molar-refractivity contribution is 5.94. The molecular formula is C23H26F2N4O3. The molecule has 0 bridgehead atoms. The Labute approximate surface area is 185 Å². The molecule has 32 heavy (non-hydrogen) atoms. The fourth-order valence-corrected chi connectivity index (χ4v) is 4.14. The van der Waals surface area contributed by atoms with Crippen LogP contribution in [0, 0.1) is 11.6 Å². The molecule has 170 valence electrons. The van der Waals surface area contributed by atoms with Gasteiger partial charge in [-0.15, -0.1) is 0 Å². The number of ether oxygens (including phenoxy) is 1. The number of carbonyl (C=O) groups is 2. The van der Waals surface area contributed by atoms with Gasteiger partial charge in [0.2, 0.25) is 5.91 Å². The lowest BCUT2D eigenvalue weighted by Gasteiger charge is -2.33. The summed E-state index contributed by atoms with van der Waals surface area (Å²) in [6.07, 6.45) is 1.84. The molecule has 2 unspecified atom stereocenters. The Morgan fingerprint density at radius 2 is 1.75 bits per heavy atom. The SMILES string of the molecule is COc1ccc(C2CC(C(=O)N3CCC(NC(=O)c4ccc(F)c(F)c4)CC3)NN2)cc1. The monoisotopic (exact) mass is 444 g/mol. The largest absolute Gasteiger partial charge is 0.497 e. The lowest BCUT2D eigenvalue weighted by Crippen LogP contribution is -2.51. The normalized spacial score (nSPS) is 21.4. The van der Waals surface area contributed by atoms with Gasteiger partial charge in [0.05, 0.1) is 7.11 Å². The fraction of sp³-hybridized carbons (Fsp3) is 0.391. The number of amides is 2. The molecule has 2 atom stereocenters. The molecule has 0 aromatic heterocycles. The predicted molar refractivity (Wildman–Crippen MR) is 114 cm³/mol. The van der Waals surface area contributed by atoms with Gasteiger partial charge in [-0.05, 0) is 55.2 Å². The highest BCUT2D eigenvalue weighted by Gasteiger charge is 2.34. The fourth-order valence-electron chi connectivity index (χ4n) is 4.14. The van der Waals surface area contributed by atoms with Crippen LogP contribution in [-0.2, 0) is 4.79 Å². The number of benzene rings is 2. The van der Waals surface area contributed by atoms with E-state index >= 15 is 0 Å². The Balaban J connectivity index is 1.26. The van der Waals surface area contributed by atoms with Crippen molar-refractivity contribution in [1.82, 2.24) is 21.1 Å². The van der Waals surface area contributed by atoms with E-state index in [-0.39, 0.29) is 29.6 Å². The molecule has 2 aliphatic rings. The van der Waals surface area contributed by atoms with Crippen molar-refractivity contribution < 1.29 is 23.1 Å². The number of halogens is 2. The zero-order valence-electron chi connectivity index (χ0n) is 17.7. The van der Waals surface area contributed by atoms with Gasteiger partial charge in [-0.2, -0.15) is 0 Å². The second kappa shape index (κ2) is 9.62. The number of nitrogens with zero attached hydrogens (tertiary/aromatic N) is 1. The van der Waals surface area contributed by atoms with Gasteiger partial charge in [-0.25, -0.2) is 19.6 Å². The number of carbonyl (C=O) groups excluding carboxylic acids is 2. The van der Waals surface area contributed by atoms with Gasteiger partial charge in [0.1, 0.15) is 11.8 Å². The average molecular weight is 444 g/mol. The van der Waals surface area contributed by atoms with Crippen LogP contribution in [0.3, 0.4) is 0 Å². The third kappa shape index (κ3) is 4.89. The van der Waals surface area contributed by atoms with Gasteiger partial charge in [0.15, 0.2) is 11.6 Å². The standard InChI is InChI=1S/C23H26F2N4O3/c1-32-17-5-2-14(3-6-17)20-13-21(28-27-20)23(31)29-10-8-16(9-11-29)26-22(30)15-4-7-18(24)19(25)12-15/h2-7,12,16,20-21,27-28H,8-11,13H2,1H3,(H,26,30). The summed E-state index contributed by atoms with van der Waals surface area (Å²) in [5, 5.41) is 2.84. The third-order valence-electron chi connectivity index (χ3n) is 6.04. The first kappa shape index (κ1) is 22.2. The third-order valence-corrected chi connectivity index (χ3v) is 6.04. The van der Waals surface area contributed by atoms with E-state index in [1.165, 1.54) is 6.07 Å². The first-order valence-electron chi connectivity index (χ1n) is 10.6. The summed E-state index contributed by atoms with van der Waals surface area (Å²) in [6, 6.07) is 10.4. The summed E-state index contributed by atoms with van der Waals surface area (Å²) < 4.78 is 31.6. The van der Waals surface area contributed by atoms with E-state index in [1.54, 1.807) is 12.0 Å². The Hall–Kier alpha value is -3.04. The lowest BCUT2D eigenvalue weighted by molar-refractivity contribution is -0.134. The van der Waals surface area contributed by atoms with Crippen molar-refractivity contribution in [2.45, 2.75) is 37.4 Å². The maximum Gasteiger partial charge on any atom is 0.251 e. The summed E-state index contributed by atoms with van der Waals surface area (Å²) in [5.74, 6) is -1.68. The topological polar surface area (TPSA) is 82.7 Å². The Morgan fingerprint density at radius 1 is 1.03 bits per heavy atom. The van der Waals surface area contributed by atoms with Crippen molar-refractivity contribution >= 4 is 11.8 Å². The number of piperidine rings is 1. The number of hydrogen-bond donors (Lipinski definition) is 3. The number of nitrogens with one attached hydrogen (secondary N) is 3. The minimum absolute atomic E-state index is 0.0268. The van der Waals surface area contributed by atoms with Crippen molar-refractivity contribution in [2.24, 2.45) is 0 Å². The maximum absolute atomic E-state index is 13.4. The van der Waals surface area contributed by atoms with Gasteiger partial charge < -0.3 is 15.0 Å². The van der Waals surface area contributed by atoms with E-state index in [0.29, 0.717) is 32.4 Å². The van der Waals surface area contributed by atoms with E-state index in [4.69, 9.17) is 4.74 Å². The highest BCUT2D eigenvalue weighted by atomic mass is 19.2. The second-order valence-corrected chi connectivity index (χ2v) is 8.10. The van der Waals surface area contributed by atoms with Gasteiger partial charge in [-0.3, -0.25) is 9.59 Å². The van der Waals surface area contributed by atoms with Crippen LogP contribution < -0.4 is 20.9 Å². The molecule has 2 amide bonds. The van der Waals surface area contributed by atoms with Gasteiger partial charge in [0.25, 0.3) is 5.91 Å². The second-order valence-electron chi connectivity index (χ2n) is 8.10. The molecule has 2 fully saturated rings. The van der Waals surface area contributed by atoms with Gasteiger partial charge >= 0.3 is 0 Å². The van der Waals surface area contributed by atoms with Crippen LogP contribution in [0.4, 0.5) is 8.78 Å². The van der Waals surface area contributed by atoms with E-state index in [2.05, 4.69) is 16.2 Å².